The van der Waals surface area contributed by atoms with Crippen LogP contribution in [0.5, 0.6) is 0 Å². The Hall–Kier alpha value is 0. The molecule has 0 saturated heterocycles. The first kappa shape index (κ1) is 13.0. The van der Waals surface area contributed by atoms with Crippen molar-refractivity contribution in [1.29, 1.82) is 0 Å². The highest BCUT2D eigenvalue weighted by Crippen LogP contribution is 2.30. The summed E-state index contributed by atoms with van der Waals surface area (Å²) < 4.78 is 0. The first-order valence-electron chi connectivity index (χ1n) is 5.98. The van der Waals surface area contributed by atoms with Crippen LogP contribution in [0.2, 0.25) is 0 Å². The molecule has 0 aromatic carbocycles. The predicted octanol–water partition coefficient (Wildman–Crippen LogP) is 5.03. The molecule has 0 unspecified atom stereocenters. The van der Waals surface area contributed by atoms with E-state index in [9.17, 15) is 0 Å². The summed E-state index contributed by atoms with van der Waals surface area (Å²) in [6.07, 6.45) is 8.37. The molecule has 0 fully saturated rings. The molecule has 0 radical (unpaired) electrons. The second-order valence-corrected chi connectivity index (χ2v) is 5.55. The Balaban J connectivity index is 3.54. The fraction of sp³-hybridized carbons (Fsp3) is 1.00. The Bertz CT molecular complexity index is 111. The zero-order valence-corrected chi connectivity index (χ0v) is 10.3. The average Bonchev–Trinajstić information content (AvgIpc) is 2.02. The van der Waals surface area contributed by atoms with Crippen LogP contribution in [0.15, 0.2) is 0 Å². The smallest absolute Gasteiger partial charge is 0.0354 e. The molecule has 0 heteroatoms. The molecule has 0 bridgehead atoms. The van der Waals surface area contributed by atoms with Crippen molar-refractivity contribution < 1.29 is 0 Å². The summed E-state index contributed by atoms with van der Waals surface area (Å²) >= 11 is 0. The zero-order chi connectivity index (χ0) is 10.3. The largest absolute Gasteiger partial charge is 0.0654 e. The van der Waals surface area contributed by atoms with Gasteiger partial charge in [0.2, 0.25) is 0 Å². The lowest BCUT2D eigenvalue weighted by Crippen LogP contribution is -2.12. The predicted molar refractivity (Wildman–Crippen MR) is 62.0 cm³/mol. The number of unbranched alkanes of at least 4 members (excludes halogenated alkanes) is 2. The van der Waals surface area contributed by atoms with Gasteiger partial charge in [-0.25, -0.2) is 0 Å². The van der Waals surface area contributed by atoms with E-state index in [4.69, 9.17) is 0 Å². The minimum absolute atomic E-state index is 0.583. The first-order valence-corrected chi connectivity index (χ1v) is 5.98. The van der Waals surface area contributed by atoms with E-state index in [0.29, 0.717) is 5.41 Å². The molecular formula is C13H28. The molecule has 0 spiro atoms. The molecule has 0 nitrogen and oxygen atoms in total. The van der Waals surface area contributed by atoms with Crippen LogP contribution in [0.3, 0.4) is 0 Å². The Morgan fingerprint density at radius 2 is 1.62 bits per heavy atom. The lowest BCUT2D eigenvalue weighted by molar-refractivity contribution is 0.272. The maximum absolute atomic E-state index is 2.42. The molecule has 0 N–H and O–H groups in total. The second-order valence-electron chi connectivity index (χ2n) is 5.55. The van der Waals surface area contributed by atoms with Crippen LogP contribution >= 0.6 is 0 Å². The molecule has 0 rings (SSSR count). The van der Waals surface area contributed by atoms with E-state index in [1.807, 2.05) is 0 Å². The minimum atomic E-state index is 0.583. The Labute approximate surface area is 85.1 Å². The number of hydrogen-bond acceptors (Lipinski definition) is 0. The summed E-state index contributed by atoms with van der Waals surface area (Å²) in [4.78, 5) is 0. The van der Waals surface area contributed by atoms with Crippen LogP contribution in [0.1, 0.15) is 73.1 Å². The molecule has 80 valence electrons. The molecule has 0 amide bonds. The van der Waals surface area contributed by atoms with Gasteiger partial charge >= 0.3 is 0 Å². The van der Waals surface area contributed by atoms with Crippen molar-refractivity contribution in [2.75, 3.05) is 0 Å². The van der Waals surface area contributed by atoms with Gasteiger partial charge in [-0.3, -0.25) is 0 Å². The van der Waals surface area contributed by atoms with E-state index in [-0.39, 0.29) is 0 Å². The van der Waals surface area contributed by atoms with Gasteiger partial charge in [-0.05, 0) is 24.2 Å². The second kappa shape index (κ2) is 6.45. The molecule has 0 aliphatic heterocycles. The van der Waals surface area contributed by atoms with Crippen LogP contribution < -0.4 is 0 Å². The fourth-order valence-corrected chi connectivity index (χ4v) is 1.66. The third-order valence-electron chi connectivity index (χ3n) is 2.86. The minimum Gasteiger partial charge on any atom is -0.0654 e. The lowest BCUT2D eigenvalue weighted by Gasteiger charge is -2.25. The van der Waals surface area contributed by atoms with Gasteiger partial charge in [0.05, 0.1) is 0 Å². The van der Waals surface area contributed by atoms with E-state index in [1.165, 1.54) is 38.5 Å². The molecule has 0 aliphatic carbocycles. The molecule has 13 heavy (non-hydrogen) atoms. The van der Waals surface area contributed by atoms with Gasteiger partial charge in [0.1, 0.15) is 0 Å². The standard InChI is InChI=1S/C13H28/c1-6-7-8-10-13(4,5)11-9-12(2)3/h12H,6-11H2,1-5H3. The topological polar surface area (TPSA) is 0 Å². The number of hydrogen-bond donors (Lipinski definition) is 0. The zero-order valence-electron chi connectivity index (χ0n) is 10.3. The molecule has 0 aromatic heterocycles. The third kappa shape index (κ3) is 8.33. The summed E-state index contributed by atoms with van der Waals surface area (Å²) in [6, 6.07) is 0. The van der Waals surface area contributed by atoms with E-state index < -0.39 is 0 Å². The van der Waals surface area contributed by atoms with Crippen LogP contribution in [0, 0.1) is 11.3 Å². The quantitative estimate of drug-likeness (QED) is 0.487. The van der Waals surface area contributed by atoms with Crippen LogP contribution in [0.25, 0.3) is 0 Å². The van der Waals surface area contributed by atoms with E-state index in [0.717, 1.165) is 5.92 Å². The highest BCUT2D eigenvalue weighted by Gasteiger charge is 2.16. The molecular weight excluding hydrogens is 156 g/mol. The monoisotopic (exact) mass is 184 g/mol. The Kier molecular flexibility index (Phi) is 6.45. The van der Waals surface area contributed by atoms with Crippen molar-refractivity contribution in [3.8, 4) is 0 Å². The van der Waals surface area contributed by atoms with Gasteiger partial charge in [0, 0.05) is 0 Å². The molecule has 0 aliphatic rings. The van der Waals surface area contributed by atoms with Gasteiger partial charge in [-0.2, -0.15) is 0 Å². The van der Waals surface area contributed by atoms with Crippen molar-refractivity contribution in [2.45, 2.75) is 73.1 Å². The summed E-state index contributed by atoms with van der Waals surface area (Å²) in [7, 11) is 0. The fourth-order valence-electron chi connectivity index (χ4n) is 1.66. The average molecular weight is 184 g/mol. The highest BCUT2D eigenvalue weighted by atomic mass is 14.2. The van der Waals surface area contributed by atoms with Crippen molar-refractivity contribution in [3.63, 3.8) is 0 Å². The molecule has 0 saturated carbocycles. The number of rotatable bonds is 7. The summed E-state index contributed by atoms with van der Waals surface area (Å²) in [5.74, 6) is 0.866. The maximum Gasteiger partial charge on any atom is -0.0354 e. The van der Waals surface area contributed by atoms with E-state index in [2.05, 4.69) is 34.6 Å². The Morgan fingerprint density at radius 3 is 2.08 bits per heavy atom. The normalized spacial score (nSPS) is 12.5. The van der Waals surface area contributed by atoms with Gasteiger partial charge < -0.3 is 0 Å². The Morgan fingerprint density at radius 1 is 1.00 bits per heavy atom. The first-order chi connectivity index (χ1) is 5.98. The van der Waals surface area contributed by atoms with Gasteiger partial charge in [-0.15, -0.1) is 0 Å². The summed E-state index contributed by atoms with van der Waals surface area (Å²) in [5.41, 5.74) is 0.583. The maximum atomic E-state index is 2.42. The van der Waals surface area contributed by atoms with Gasteiger partial charge in [-0.1, -0.05) is 60.3 Å². The lowest BCUT2D eigenvalue weighted by atomic mass is 9.81. The highest BCUT2D eigenvalue weighted by molar-refractivity contribution is 4.69. The molecule has 0 aromatic rings. The van der Waals surface area contributed by atoms with Crippen molar-refractivity contribution in [2.24, 2.45) is 11.3 Å². The van der Waals surface area contributed by atoms with Crippen molar-refractivity contribution >= 4 is 0 Å². The van der Waals surface area contributed by atoms with Crippen LogP contribution in [-0.4, -0.2) is 0 Å². The molecule has 0 heterocycles. The van der Waals surface area contributed by atoms with Crippen molar-refractivity contribution in [3.05, 3.63) is 0 Å². The summed E-state index contributed by atoms with van der Waals surface area (Å²) in [6.45, 7) is 11.8. The van der Waals surface area contributed by atoms with Gasteiger partial charge in [0.15, 0.2) is 0 Å². The van der Waals surface area contributed by atoms with Crippen LogP contribution in [-0.2, 0) is 0 Å². The molecule has 0 atom stereocenters. The van der Waals surface area contributed by atoms with Gasteiger partial charge in [0.25, 0.3) is 0 Å². The SMILES string of the molecule is CCCCCC(C)(C)CCC(C)C. The van der Waals surface area contributed by atoms with E-state index >= 15 is 0 Å². The summed E-state index contributed by atoms with van der Waals surface area (Å²) in [5, 5.41) is 0. The third-order valence-corrected chi connectivity index (χ3v) is 2.86. The van der Waals surface area contributed by atoms with Crippen LogP contribution in [0.4, 0.5) is 0 Å². The van der Waals surface area contributed by atoms with Crippen molar-refractivity contribution in [1.82, 2.24) is 0 Å². The van der Waals surface area contributed by atoms with E-state index in [1.54, 1.807) is 0 Å².